The maximum atomic E-state index is 12.1. The second-order valence-electron chi connectivity index (χ2n) is 5.88. The quantitative estimate of drug-likeness (QED) is 0.526. The molecule has 0 aromatic heterocycles. The second-order valence-corrected chi connectivity index (χ2v) is 5.88. The highest BCUT2D eigenvalue weighted by atomic mass is 16.5. The fraction of sp³-hybridized carbons (Fsp3) is 0.286. The minimum Gasteiger partial charge on any atom is -0.493 e. The van der Waals surface area contributed by atoms with Crippen LogP contribution in [-0.4, -0.2) is 32.2 Å². The monoisotopic (exact) mass is 382 g/mol. The van der Waals surface area contributed by atoms with Gasteiger partial charge in [-0.1, -0.05) is 13.3 Å². The zero-order chi connectivity index (χ0) is 20.4. The van der Waals surface area contributed by atoms with Crippen LogP contribution in [0.25, 0.3) is 0 Å². The molecule has 0 heterocycles. The van der Waals surface area contributed by atoms with Crippen LogP contribution in [-0.2, 0) is 9.53 Å². The zero-order valence-corrected chi connectivity index (χ0v) is 15.9. The minimum absolute atomic E-state index is 0.233. The van der Waals surface area contributed by atoms with E-state index in [0.717, 1.165) is 12.8 Å². The predicted octanol–water partition coefficient (Wildman–Crippen LogP) is 3.54. The molecule has 1 amide bonds. The van der Waals surface area contributed by atoms with E-state index in [9.17, 15) is 9.59 Å². The van der Waals surface area contributed by atoms with Gasteiger partial charge in [0.15, 0.2) is 18.1 Å². The van der Waals surface area contributed by atoms with Gasteiger partial charge >= 0.3 is 5.97 Å². The lowest BCUT2D eigenvalue weighted by atomic mass is 10.2. The number of methoxy groups -OCH3 is 1. The molecule has 2 rings (SSSR count). The summed E-state index contributed by atoms with van der Waals surface area (Å²) in [6.45, 7) is 2.18. The van der Waals surface area contributed by atoms with Crippen molar-refractivity contribution in [2.45, 2.75) is 19.8 Å². The molecule has 0 bridgehead atoms. The van der Waals surface area contributed by atoms with Crippen molar-refractivity contribution in [3.05, 3.63) is 53.6 Å². The Labute approximate surface area is 163 Å². The Morgan fingerprint density at radius 1 is 1.11 bits per heavy atom. The summed E-state index contributed by atoms with van der Waals surface area (Å²) in [5, 5.41) is 11.6. The summed E-state index contributed by atoms with van der Waals surface area (Å²) in [5.41, 5.74) is 1.39. The third kappa shape index (κ3) is 6.02. The molecule has 7 heteroatoms. The van der Waals surface area contributed by atoms with Crippen LogP contribution in [0.2, 0.25) is 0 Å². The van der Waals surface area contributed by atoms with Gasteiger partial charge in [-0.2, -0.15) is 5.26 Å². The van der Waals surface area contributed by atoms with Crippen LogP contribution in [0.3, 0.4) is 0 Å². The van der Waals surface area contributed by atoms with E-state index in [4.69, 9.17) is 19.5 Å². The third-order valence-electron chi connectivity index (χ3n) is 3.79. The Kier molecular flexibility index (Phi) is 7.85. The molecule has 0 unspecified atom stereocenters. The molecule has 0 aliphatic rings. The average Bonchev–Trinajstić information content (AvgIpc) is 2.72. The summed E-state index contributed by atoms with van der Waals surface area (Å²) in [5.74, 6) is -0.0214. The van der Waals surface area contributed by atoms with E-state index in [1.165, 1.54) is 13.2 Å². The lowest BCUT2D eigenvalue weighted by Crippen LogP contribution is -2.20. The first-order valence-electron chi connectivity index (χ1n) is 8.85. The number of carbonyl (C=O) groups is 2. The Morgan fingerprint density at radius 2 is 1.86 bits per heavy atom. The number of ether oxygens (including phenoxy) is 3. The number of hydrogen-bond acceptors (Lipinski definition) is 6. The van der Waals surface area contributed by atoms with Crippen LogP contribution >= 0.6 is 0 Å². The van der Waals surface area contributed by atoms with Gasteiger partial charge in [-0.05, 0) is 42.8 Å². The summed E-state index contributed by atoms with van der Waals surface area (Å²) in [7, 11) is 1.46. The molecule has 146 valence electrons. The Hall–Kier alpha value is -3.53. The first kappa shape index (κ1) is 20.8. The Balaban J connectivity index is 1.88. The number of nitriles is 1. The number of amides is 1. The molecule has 0 aliphatic carbocycles. The molecule has 0 aliphatic heterocycles. The highest BCUT2D eigenvalue weighted by Crippen LogP contribution is 2.27. The Bertz CT molecular complexity index is 856. The summed E-state index contributed by atoms with van der Waals surface area (Å²) >= 11 is 0. The minimum atomic E-state index is -0.387. The summed E-state index contributed by atoms with van der Waals surface area (Å²) in [6, 6.07) is 13.1. The topological polar surface area (TPSA) is 97.6 Å². The third-order valence-corrected chi connectivity index (χ3v) is 3.79. The van der Waals surface area contributed by atoms with E-state index < -0.39 is 0 Å². The largest absolute Gasteiger partial charge is 0.493 e. The normalized spacial score (nSPS) is 9.89. The highest BCUT2D eigenvalue weighted by molar-refractivity contribution is 5.93. The van der Waals surface area contributed by atoms with Gasteiger partial charge in [-0.25, -0.2) is 4.79 Å². The number of carbonyl (C=O) groups excluding carboxylic acids is 2. The first-order chi connectivity index (χ1) is 13.6. The molecule has 1 N–H and O–H groups in total. The van der Waals surface area contributed by atoms with Crippen LogP contribution in [0, 0.1) is 11.3 Å². The van der Waals surface area contributed by atoms with Gasteiger partial charge in [-0.15, -0.1) is 0 Å². The smallest absolute Gasteiger partial charge is 0.338 e. The Morgan fingerprint density at radius 3 is 2.50 bits per heavy atom. The SMILES string of the molecule is CCCCOC(=O)c1ccc(NC(=O)COc2ccc(C#N)cc2OC)cc1. The van der Waals surface area contributed by atoms with Crippen molar-refractivity contribution >= 4 is 17.6 Å². The van der Waals surface area contributed by atoms with E-state index in [1.54, 1.807) is 36.4 Å². The predicted molar refractivity (Wildman–Crippen MR) is 103 cm³/mol. The van der Waals surface area contributed by atoms with Gasteiger partial charge in [0.25, 0.3) is 5.91 Å². The van der Waals surface area contributed by atoms with Crippen LogP contribution < -0.4 is 14.8 Å². The number of hydrogen-bond donors (Lipinski definition) is 1. The van der Waals surface area contributed by atoms with Gasteiger partial charge in [0, 0.05) is 11.8 Å². The molecule has 0 saturated heterocycles. The molecule has 2 aromatic rings. The van der Waals surface area contributed by atoms with Gasteiger partial charge in [0.1, 0.15) is 0 Å². The molecule has 0 atom stereocenters. The van der Waals surface area contributed by atoms with Crippen molar-refractivity contribution in [2.75, 3.05) is 25.6 Å². The summed E-state index contributed by atoms with van der Waals surface area (Å²) in [6.07, 6.45) is 1.78. The first-order valence-corrected chi connectivity index (χ1v) is 8.85. The number of anilines is 1. The maximum Gasteiger partial charge on any atom is 0.338 e. The number of esters is 1. The summed E-state index contributed by atoms with van der Waals surface area (Å²) < 4.78 is 15.8. The molecule has 28 heavy (non-hydrogen) atoms. The van der Waals surface area contributed by atoms with Crippen molar-refractivity contribution in [1.82, 2.24) is 0 Å². The molecular formula is C21H22N2O5. The lowest BCUT2D eigenvalue weighted by Gasteiger charge is -2.11. The van der Waals surface area contributed by atoms with Gasteiger partial charge < -0.3 is 19.5 Å². The molecule has 0 spiro atoms. The van der Waals surface area contributed by atoms with Crippen molar-refractivity contribution in [2.24, 2.45) is 0 Å². The number of benzene rings is 2. The molecular weight excluding hydrogens is 360 g/mol. The van der Waals surface area contributed by atoms with Gasteiger partial charge in [0.2, 0.25) is 0 Å². The fourth-order valence-electron chi connectivity index (χ4n) is 2.28. The number of rotatable bonds is 9. The van der Waals surface area contributed by atoms with Gasteiger partial charge in [0.05, 0.1) is 30.9 Å². The van der Waals surface area contributed by atoms with Gasteiger partial charge in [-0.3, -0.25) is 4.79 Å². The van der Waals surface area contributed by atoms with E-state index in [-0.39, 0.29) is 18.5 Å². The average molecular weight is 382 g/mol. The second kappa shape index (κ2) is 10.6. The number of unbranched alkanes of at least 4 members (excludes halogenated alkanes) is 1. The molecule has 0 fully saturated rings. The van der Waals surface area contributed by atoms with E-state index in [0.29, 0.717) is 34.9 Å². The number of nitrogens with zero attached hydrogens (tertiary/aromatic N) is 1. The van der Waals surface area contributed by atoms with Crippen molar-refractivity contribution < 1.29 is 23.8 Å². The zero-order valence-electron chi connectivity index (χ0n) is 15.9. The van der Waals surface area contributed by atoms with E-state index in [2.05, 4.69) is 5.32 Å². The molecule has 0 saturated carbocycles. The van der Waals surface area contributed by atoms with E-state index in [1.807, 2.05) is 13.0 Å². The van der Waals surface area contributed by atoms with Crippen molar-refractivity contribution in [3.63, 3.8) is 0 Å². The molecule has 7 nitrogen and oxygen atoms in total. The van der Waals surface area contributed by atoms with Crippen LogP contribution in [0.5, 0.6) is 11.5 Å². The standard InChI is InChI=1S/C21H22N2O5/c1-3-4-11-27-21(25)16-6-8-17(9-7-16)23-20(24)14-28-18-10-5-15(13-22)12-19(18)26-2/h5-10,12H,3-4,11,14H2,1-2H3,(H,23,24). The fourth-order valence-corrected chi connectivity index (χ4v) is 2.28. The van der Waals surface area contributed by atoms with Crippen LogP contribution in [0.15, 0.2) is 42.5 Å². The highest BCUT2D eigenvalue weighted by Gasteiger charge is 2.10. The van der Waals surface area contributed by atoms with Crippen LogP contribution in [0.4, 0.5) is 5.69 Å². The van der Waals surface area contributed by atoms with Crippen LogP contribution in [0.1, 0.15) is 35.7 Å². The maximum absolute atomic E-state index is 12.1. The number of nitrogens with one attached hydrogen (secondary N) is 1. The lowest BCUT2D eigenvalue weighted by molar-refractivity contribution is -0.118. The van der Waals surface area contributed by atoms with Crippen molar-refractivity contribution in [1.29, 1.82) is 5.26 Å². The summed E-state index contributed by atoms with van der Waals surface area (Å²) in [4.78, 5) is 23.9. The van der Waals surface area contributed by atoms with Crippen molar-refractivity contribution in [3.8, 4) is 17.6 Å². The molecule has 2 aromatic carbocycles. The van der Waals surface area contributed by atoms with E-state index >= 15 is 0 Å². The molecule has 0 radical (unpaired) electrons.